The van der Waals surface area contributed by atoms with Crippen molar-refractivity contribution < 1.29 is 34.6 Å². The lowest BCUT2D eigenvalue weighted by Crippen LogP contribution is -2.55. The van der Waals surface area contributed by atoms with E-state index in [1.54, 1.807) is 6.07 Å². The molecule has 2 aliphatic heterocycles. The fraction of sp³-hybridized carbons (Fsp3) is 0.429. The number of benzene rings is 2. The van der Waals surface area contributed by atoms with Crippen molar-refractivity contribution in [1.82, 2.24) is 0 Å². The van der Waals surface area contributed by atoms with Gasteiger partial charge in [0.05, 0.1) is 6.61 Å². The normalized spacial score (nSPS) is 28.9. The molecule has 0 amide bonds. The predicted molar refractivity (Wildman–Crippen MR) is 107 cm³/mol. The van der Waals surface area contributed by atoms with Gasteiger partial charge in [0, 0.05) is 4.47 Å². The van der Waals surface area contributed by atoms with E-state index in [4.69, 9.17) is 14.2 Å². The number of ether oxygens (including phenoxy) is 3. The van der Waals surface area contributed by atoms with Gasteiger partial charge in [-0.2, -0.15) is 0 Å². The van der Waals surface area contributed by atoms with Crippen molar-refractivity contribution in [2.24, 2.45) is 0 Å². The topological polar surface area (TPSA) is 109 Å². The quantitative estimate of drug-likeness (QED) is 0.538. The first kappa shape index (κ1) is 20.6. The zero-order valence-electron chi connectivity index (χ0n) is 15.6. The Kier molecular flexibility index (Phi) is 6.10. The number of fused-ring (bicyclic) bond motifs is 1. The Labute approximate surface area is 176 Å². The third kappa shape index (κ3) is 4.14. The third-order valence-corrected chi connectivity index (χ3v) is 6.07. The van der Waals surface area contributed by atoms with Crippen molar-refractivity contribution in [3.63, 3.8) is 0 Å². The molecule has 0 aromatic heterocycles. The smallest absolute Gasteiger partial charge is 0.161 e. The first-order valence-corrected chi connectivity index (χ1v) is 10.2. The van der Waals surface area contributed by atoms with Crippen LogP contribution in [0.25, 0.3) is 0 Å². The van der Waals surface area contributed by atoms with Crippen molar-refractivity contribution in [3.8, 4) is 11.5 Å². The highest BCUT2D eigenvalue weighted by atomic mass is 79.9. The van der Waals surface area contributed by atoms with Gasteiger partial charge in [0.25, 0.3) is 0 Å². The van der Waals surface area contributed by atoms with Crippen molar-refractivity contribution >= 4 is 15.9 Å². The number of rotatable bonds is 4. The Balaban J connectivity index is 1.59. The van der Waals surface area contributed by atoms with Gasteiger partial charge in [0.2, 0.25) is 0 Å². The fourth-order valence-corrected chi connectivity index (χ4v) is 4.09. The summed E-state index contributed by atoms with van der Waals surface area (Å²) in [5.74, 6) is 1.45. The fourth-order valence-electron chi connectivity index (χ4n) is 3.70. The van der Waals surface area contributed by atoms with Crippen LogP contribution in [-0.4, -0.2) is 64.7 Å². The lowest BCUT2D eigenvalue weighted by atomic mass is 9.90. The summed E-state index contributed by atoms with van der Waals surface area (Å²) in [5, 5.41) is 39.9. The third-order valence-electron chi connectivity index (χ3n) is 5.29. The average molecular weight is 467 g/mol. The minimum absolute atomic E-state index is 0.456. The number of aliphatic hydroxyl groups excluding tert-OH is 4. The van der Waals surface area contributed by atoms with E-state index < -0.39 is 37.1 Å². The molecule has 7 nitrogen and oxygen atoms in total. The highest BCUT2D eigenvalue weighted by Crippen LogP contribution is 2.36. The van der Waals surface area contributed by atoms with Gasteiger partial charge >= 0.3 is 0 Å². The summed E-state index contributed by atoms with van der Waals surface area (Å²) in [5.41, 5.74) is 2.63. The maximum Gasteiger partial charge on any atom is 0.161 e. The Morgan fingerprint density at radius 2 is 1.66 bits per heavy atom. The van der Waals surface area contributed by atoms with Gasteiger partial charge in [0.1, 0.15) is 43.7 Å². The number of hydrogen-bond acceptors (Lipinski definition) is 7. The van der Waals surface area contributed by atoms with Gasteiger partial charge in [-0.1, -0.05) is 34.1 Å². The van der Waals surface area contributed by atoms with E-state index in [9.17, 15) is 20.4 Å². The molecule has 1 fully saturated rings. The molecule has 5 atom stereocenters. The summed E-state index contributed by atoms with van der Waals surface area (Å²) in [4.78, 5) is 0. The molecule has 0 bridgehead atoms. The van der Waals surface area contributed by atoms with Crippen molar-refractivity contribution in [3.05, 3.63) is 57.6 Å². The maximum absolute atomic E-state index is 10.4. The van der Waals surface area contributed by atoms with Crippen LogP contribution in [0.15, 0.2) is 40.9 Å². The monoisotopic (exact) mass is 466 g/mol. The van der Waals surface area contributed by atoms with Crippen LogP contribution < -0.4 is 9.47 Å². The molecule has 0 unspecified atom stereocenters. The van der Waals surface area contributed by atoms with Crippen LogP contribution in [0.2, 0.25) is 0 Å². The largest absolute Gasteiger partial charge is 0.486 e. The first-order valence-electron chi connectivity index (χ1n) is 9.45. The van der Waals surface area contributed by atoms with Crippen LogP contribution in [0.4, 0.5) is 0 Å². The van der Waals surface area contributed by atoms with Gasteiger partial charge in [0.15, 0.2) is 11.5 Å². The Bertz CT molecular complexity index is 872. The number of aliphatic hydroxyl groups is 4. The summed E-state index contributed by atoms with van der Waals surface area (Å²) in [6.45, 7) is 0.605. The van der Waals surface area contributed by atoms with Gasteiger partial charge in [-0.15, -0.1) is 0 Å². The van der Waals surface area contributed by atoms with Crippen LogP contribution in [0.1, 0.15) is 22.8 Å². The van der Waals surface area contributed by atoms with E-state index >= 15 is 0 Å². The predicted octanol–water partition coefficient (Wildman–Crippen LogP) is 1.33. The second-order valence-corrected chi connectivity index (χ2v) is 8.11. The maximum atomic E-state index is 10.4. The molecular formula is C21H23BrO7. The molecule has 0 radical (unpaired) electrons. The first-order chi connectivity index (χ1) is 14.0. The lowest BCUT2D eigenvalue weighted by Gasteiger charge is -2.40. The Hall–Kier alpha value is -1.68. The molecule has 0 saturated carbocycles. The van der Waals surface area contributed by atoms with Crippen molar-refractivity contribution in [2.45, 2.75) is 36.9 Å². The molecule has 4 rings (SSSR count). The average Bonchev–Trinajstić information content (AvgIpc) is 2.74. The highest BCUT2D eigenvalue weighted by Gasteiger charge is 2.44. The van der Waals surface area contributed by atoms with Crippen LogP contribution in [-0.2, 0) is 11.2 Å². The zero-order valence-corrected chi connectivity index (χ0v) is 17.2. The van der Waals surface area contributed by atoms with Gasteiger partial charge < -0.3 is 34.6 Å². The molecule has 4 N–H and O–H groups in total. The second kappa shape index (κ2) is 8.59. The van der Waals surface area contributed by atoms with E-state index in [0.717, 1.165) is 27.1 Å². The summed E-state index contributed by atoms with van der Waals surface area (Å²) in [6.07, 6.45) is -5.30. The SMILES string of the molecule is OC[C@H]1O[C@@H](c2ccc(Br)c(Cc3ccc4c(c3)OCCO4)c2)[C@H](O)[C@@H](O)[C@@H]1O. The van der Waals surface area contributed by atoms with Crippen molar-refractivity contribution in [1.29, 1.82) is 0 Å². The number of hydrogen-bond donors (Lipinski definition) is 4. The minimum atomic E-state index is -1.41. The molecule has 0 aliphatic carbocycles. The van der Waals surface area contributed by atoms with E-state index in [1.807, 2.05) is 30.3 Å². The molecule has 29 heavy (non-hydrogen) atoms. The molecule has 2 aliphatic rings. The minimum Gasteiger partial charge on any atom is -0.486 e. The summed E-state index contributed by atoms with van der Waals surface area (Å²) >= 11 is 3.56. The number of halogens is 1. The second-order valence-electron chi connectivity index (χ2n) is 7.26. The van der Waals surface area contributed by atoms with Crippen molar-refractivity contribution in [2.75, 3.05) is 19.8 Å². The Morgan fingerprint density at radius 3 is 2.41 bits per heavy atom. The van der Waals surface area contributed by atoms with Gasteiger partial charge in [-0.05, 0) is 41.3 Å². The molecule has 2 heterocycles. The van der Waals surface area contributed by atoms with Gasteiger partial charge in [-0.3, -0.25) is 0 Å². The van der Waals surface area contributed by atoms with Gasteiger partial charge in [-0.25, -0.2) is 0 Å². The Morgan fingerprint density at radius 1 is 0.897 bits per heavy atom. The van der Waals surface area contributed by atoms with Crippen LogP contribution >= 0.6 is 15.9 Å². The highest BCUT2D eigenvalue weighted by molar-refractivity contribution is 9.10. The summed E-state index contributed by atoms with van der Waals surface area (Å²) < 4.78 is 17.8. The standard InChI is InChI=1S/C21H23BrO7/c22-14-3-2-12(21-20(26)19(25)18(24)17(10-23)29-21)9-13(14)7-11-1-4-15-16(8-11)28-6-5-27-15/h1-4,8-9,17-21,23-26H,5-7,10H2/t17-,18-,19+,20-,21+/m1/s1. The molecule has 0 spiro atoms. The lowest BCUT2D eigenvalue weighted by molar-refractivity contribution is -0.231. The molecule has 2 aromatic rings. The van der Waals surface area contributed by atoms with Crippen LogP contribution in [0, 0.1) is 0 Å². The molecular weight excluding hydrogens is 444 g/mol. The molecule has 8 heteroatoms. The van der Waals surface area contributed by atoms with E-state index in [0.29, 0.717) is 25.2 Å². The summed E-state index contributed by atoms with van der Waals surface area (Å²) in [7, 11) is 0. The van der Waals surface area contributed by atoms with E-state index in [1.165, 1.54) is 0 Å². The van der Waals surface area contributed by atoms with E-state index in [-0.39, 0.29) is 0 Å². The van der Waals surface area contributed by atoms with E-state index in [2.05, 4.69) is 15.9 Å². The van der Waals surface area contributed by atoms with Crippen LogP contribution in [0.3, 0.4) is 0 Å². The molecule has 156 valence electrons. The van der Waals surface area contributed by atoms with Crippen LogP contribution in [0.5, 0.6) is 11.5 Å². The molecule has 2 aromatic carbocycles. The molecule has 1 saturated heterocycles. The zero-order chi connectivity index (χ0) is 20.5. The summed E-state index contributed by atoms with van der Waals surface area (Å²) in [6, 6.07) is 11.3.